The Labute approximate surface area is 180 Å². The van der Waals surface area contributed by atoms with Crippen LogP contribution in [-0.4, -0.2) is 28.2 Å². The predicted octanol–water partition coefficient (Wildman–Crippen LogP) is 3.81. The largest absolute Gasteiger partial charge is 0.383 e. The molecule has 6 nitrogen and oxygen atoms in total. The molecule has 2 aromatic carbocycles. The van der Waals surface area contributed by atoms with Crippen molar-refractivity contribution >= 4 is 28.3 Å². The number of carbonyl (C=O) groups excluding carboxylic acids is 2. The van der Waals surface area contributed by atoms with Gasteiger partial charge in [-0.2, -0.15) is 0 Å². The van der Waals surface area contributed by atoms with Crippen LogP contribution in [0.2, 0.25) is 0 Å². The molecule has 0 aliphatic carbocycles. The highest BCUT2D eigenvalue weighted by molar-refractivity contribution is 5.97. The summed E-state index contributed by atoms with van der Waals surface area (Å²) in [5, 5.41) is 4.61. The average molecular weight is 410 g/mol. The van der Waals surface area contributed by atoms with Gasteiger partial charge in [0.05, 0.1) is 6.54 Å². The fraction of sp³-hybridized carbons (Fsp3) is 0.120. The summed E-state index contributed by atoms with van der Waals surface area (Å²) >= 11 is 0. The predicted molar refractivity (Wildman–Crippen MR) is 121 cm³/mol. The Balaban J connectivity index is 1.29. The minimum Gasteiger partial charge on any atom is -0.383 e. The van der Waals surface area contributed by atoms with E-state index in [2.05, 4.69) is 15.3 Å². The van der Waals surface area contributed by atoms with Gasteiger partial charge in [0.1, 0.15) is 5.82 Å². The lowest BCUT2D eigenvalue weighted by Crippen LogP contribution is -2.29. The van der Waals surface area contributed by atoms with Gasteiger partial charge in [-0.3, -0.25) is 14.6 Å². The molecular weight excluding hydrogens is 388 g/mol. The third-order valence-electron chi connectivity index (χ3n) is 5.16. The van der Waals surface area contributed by atoms with Crippen molar-refractivity contribution in [2.75, 3.05) is 12.3 Å². The number of anilines is 1. The lowest BCUT2D eigenvalue weighted by Gasteiger charge is -2.07. The monoisotopic (exact) mass is 410 g/mol. The van der Waals surface area contributed by atoms with E-state index < -0.39 is 0 Å². The first kappa shape index (κ1) is 20.2. The number of hydrogen-bond acceptors (Lipinski definition) is 5. The number of aromatic nitrogens is 2. The van der Waals surface area contributed by atoms with Crippen LogP contribution in [0.15, 0.2) is 79.3 Å². The number of fused-ring (bicyclic) bond motifs is 1. The van der Waals surface area contributed by atoms with Crippen LogP contribution in [0.3, 0.4) is 0 Å². The van der Waals surface area contributed by atoms with Gasteiger partial charge in [-0.1, -0.05) is 30.3 Å². The fourth-order valence-corrected chi connectivity index (χ4v) is 3.42. The zero-order chi connectivity index (χ0) is 21.6. The minimum absolute atomic E-state index is 0.00931. The molecule has 2 heterocycles. The number of aryl methyl sites for hydroxylation is 1. The molecule has 154 valence electrons. The standard InChI is InChI=1S/C25H22N4O2/c26-24-23-8-2-17(15-21(23)11-14-28-24)1-7-22(30)16-29-25(31)20-5-3-18(4-6-20)19-9-12-27-13-10-19/h2-6,8-15H,1,7,16H2,(H2,26,28)(H,29,31). The molecule has 0 aliphatic rings. The van der Waals surface area contributed by atoms with E-state index in [9.17, 15) is 9.59 Å². The Hall–Kier alpha value is -4.06. The first-order valence-electron chi connectivity index (χ1n) is 10.0. The number of nitrogens with one attached hydrogen (secondary N) is 1. The SMILES string of the molecule is Nc1nccc2cc(CCC(=O)CNC(=O)c3ccc(-c4ccncc4)cc3)ccc12. The number of Topliss-reactive ketones (excluding diaryl/α,β-unsaturated/α-hetero) is 1. The van der Waals surface area contributed by atoms with Gasteiger partial charge in [0.25, 0.3) is 5.91 Å². The summed E-state index contributed by atoms with van der Waals surface area (Å²) in [5.41, 5.74) is 9.47. The van der Waals surface area contributed by atoms with Crippen LogP contribution in [0.1, 0.15) is 22.3 Å². The number of nitrogen functional groups attached to an aromatic ring is 1. The van der Waals surface area contributed by atoms with Crippen molar-refractivity contribution in [2.45, 2.75) is 12.8 Å². The van der Waals surface area contributed by atoms with E-state index in [-0.39, 0.29) is 18.2 Å². The van der Waals surface area contributed by atoms with Gasteiger partial charge >= 0.3 is 0 Å². The van der Waals surface area contributed by atoms with Gasteiger partial charge in [0, 0.05) is 36.0 Å². The Bertz CT molecular complexity index is 1220. The molecule has 0 saturated heterocycles. The molecule has 6 heteroatoms. The number of benzene rings is 2. The van der Waals surface area contributed by atoms with E-state index in [0.29, 0.717) is 24.2 Å². The van der Waals surface area contributed by atoms with Crippen molar-refractivity contribution in [3.05, 3.63) is 90.4 Å². The van der Waals surface area contributed by atoms with Crippen molar-refractivity contribution in [2.24, 2.45) is 0 Å². The zero-order valence-electron chi connectivity index (χ0n) is 16.9. The quantitative estimate of drug-likeness (QED) is 0.483. The lowest BCUT2D eigenvalue weighted by molar-refractivity contribution is -0.118. The van der Waals surface area contributed by atoms with E-state index >= 15 is 0 Å². The number of ketones is 1. The molecule has 31 heavy (non-hydrogen) atoms. The maximum atomic E-state index is 12.4. The number of rotatable bonds is 7. The summed E-state index contributed by atoms with van der Waals surface area (Å²) in [6, 6.07) is 18.9. The van der Waals surface area contributed by atoms with Crippen molar-refractivity contribution in [1.29, 1.82) is 0 Å². The molecule has 0 bridgehead atoms. The number of nitrogens with zero attached hydrogens (tertiary/aromatic N) is 2. The number of amides is 1. The minimum atomic E-state index is -0.261. The second-order valence-electron chi connectivity index (χ2n) is 7.29. The van der Waals surface area contributed by atoms with Gasteiger partial charge in [0.15, 0.2) is 5.78 Å². The van der Waals surface area contributed by atoms with E-state index in [0.717, 1.165) is 27.5 Å². The Morgan fingerprint density at radius 2 is 1.61 bits per heavy atom. The third-order valence-corrected chi connectivity index (χ3v) is 5.16. The van der Waals surface area contributed by atoms with E-state index in [1.54, 1.807) is 30.7 Å². The van der Waals surface area contributed by atoms with Crippen LogP contribution < -0.4 is 11.1 Å². The molecule has 0 saturated carbocycles. The van der Waals surface area contributed by atoms with Gasteiger partial charge in [0.2, 0.25) is 0 Å². The van der Waals surface area contributed by atoms with Crippen LogP contribution in [0.25, 0.3) is 21.9 Å². The second kappa shape index (κ2) is 9.17. The fourth-order valence-electron chi connectivity index (χ4n) is 3.42. The normalized spacial score (nSPS) is 10.7. The summed E-state index contributed by atoms with van der Waals surface area (Å²) in [7, 11) is 0. The summed E-state index contributed by atoms with van der Waals surface area (Å²) in [5.74, 6) is 0.219. The smallest absolute Gasteiger partial charge is 0.251 e. The van der Waals surface area contributed by atoms with Crippen LogP contribution in [0, 0.1) is 0 Å². The van der Waals surface area contributed by atoms with Gasteiger partial charge < -0.3 is 11.1 Å². The molecule has 0 spiro atoms. The van der Waals surface area contributed by atoms with E-state index in [1.165, 1.54) is 0 Å². The van der Waals surface area contributed by atoms with Crippen molar-refractivity contribution in [3.8, 4) is 11.1 Å². The molecule has 0 unspecified atom stereocenters. The van der Waals surface area contributed by atoms with Crippen LogP contribution >= 0.6 is 0 Å². The van der Waals surface area contributed by atoms with Crippen LogP contribution in [0.5, 0.6) is 0 Å². The third kappa shape index (κ3) is 4.93. The molecule has 0 aliphatic heterocycles. The van der Waals surface area contributed by atoms with E-state index in [4.69, 9.17) is 5.73 Å². The molecule has 3 N–H and O–H groups in total. The van der Waals surface area contributed by atoms with E-state index in [1.807, 2.05) is 48.5 Å². The molecular formula is C25H22N4O2. The molecule has 2 aromatic heterocycles. The highest BCUT2D eigenvalue weighted by Gasteiger charge is 2.09. The Morgan fingerprint density at radius 1 is 0.871 bits per heavy atom. The van der Waals surface area contributed by atoms with Crippen LogP contribution in [-0.2, 0) is 11.2 Å². The summed E-state index contributed by atoms with van der Waals surface area (Å²) in [6.45, 7) is 0.00931. The molecule has 4 rings (SSSR count). The highest BCUT2D eigenvalue weighted by Crippen LogP contribution is 2.21. The van der Waals surface area contributed by atoms with Crippen molar-refractivity contribution < 1.29 is 9.59 Å². The summed E-state index contributed by atoms with van der Waals surface area (Å²) in [4.78, 5) is 32.7. The van der Waals surface area contributed by atoms with Gasteiger partial charge in [-0.05, 0) is 58.8 Å². The number of carbonyl (C=O) groups is 2. The lowest BCUT2D eigenvalue weighted by atomic mass is 10.0. The average Bonchev–Trinajstić information content (AvgIpc) is 2.82. The first-order chi connectivity index (χ1) is 15.1. The van der Waals surface area contributed by atoms with Crippen LogP contribution in [0.4, 0.5) is 5.82 Å². The molecule has 4 aromatic rings. The van der Waals surface area contributed by atoms with Gasteiger partial charge in [-0.25, -0.2) is 4.98 Å². The Kier molecular flexibility index (Phi) is 5.98. The first-order valence-corrected chi connectivity index (χ1v) is 10.0. The maximum Gasteiger partial charge on any atom is 0.251 e. The Morgan fingerprint density at radius 3 is 2.39 bits per heavy atom. The molecule has 0 fully saturated rings. The maximum absolute atomic E-state index is 12.4. The molecule has 0 radical (unpaired) electrons. The van der Waals surface area contributed by atoms with Crippen molar-refractivity contribution in [3.63, 3.8) is 0 Å². The molecule has 1 amide bonds. The number of nitrogens with two attached hydrogens (primary N) is 1. The second-order valence-corrected chi connectivity index (χ2v) is 7.29. The summed E-state index contributed by atoms with van der Waals surface area (Å²) < 4.78 is 0. The number of pyridine rings is 2. The van der Waals surface area contributed by atoms with Crippen molar-refractivity contribution in [1.82, 2.24) is 15.3 Å². The topological polar surface area (TPSA) is 98.0 Å². The molecule has 0 atom stereocenters. The zero-order valence-corrected chi connectivity index (χ0v) is 16.9. The number of hydrogen-bond donors (Lipinski definition) is 2. The highest BCUT2D eigenvalue weighted by atomic mass is 16.2. The van der Waals surface area contributed by atoms with Gasteiger partial charge in [-0.15, -0.1) is 0 Å². The summed E-state index contributed by atoms with van der Waals surface area (Å²) in [6.07, 6.45) is 6.09.